The van der Waals surface area contributed by atoms with E-state index in [1.54, 1.807) is 0 Å². The van der Waals surface area contributed by atoms with E-state index in [4.69, 9.17) is 4.74 Å². The van der Waals surface area contributed by atoms with Gasteiger partial charge in [0.05, 0.1) is 12.2 Å². The van der Waals surface area contributed by atoms with Gasteiger partial charge in [-0.25, -0.2) is 0 Å². The largest absolute Gasteiger partial charge is 0.375 e. The molecule has 6 heteroatoms. The smallest absolute Gasteiger partial charge is 0.0600 e. The van der Waals surface area contributed by atoms with Crippen LogP contribution in [0.4, 0.5) is 0 Å². The van der Waals surface area contributed by atoms with Crippen LogP contribution in [0.15, 0.2) is 0 Å². The van der Waals surface area contributed by atoms with Crippen molar-refractivity contribution in [1.82, 2.24) is 24.9 Å². The lowest BCUT2D eigenvalue weighted by Gasteiger charge is -2.38. The summed E-state index contributed by atoms with van der Waals surface area (Å²) in [6.07, 6.45) is 0. The van der Waals surface area contributed by atoms with Gasteiger partial charge in [-0.1, -0.05) is 0 Å². The van der Waals surface area contributed by atoms with Gasteiger partial charge in [-0.3, -0.25) is 19.6 Å². The number of nitrogens with one attached hydrogen (secondary N) is 1. The normalized spacial score (nSPS) is 22.1. The molecule has 1 N–H and O–H groups in total. The third-order valence-corrected chi connectivity index (χ3v) is 5.69. The quantitative estimate of drug-likeness (QED) is 0.634. The SMILES string of the molecule is CC(C)(C)NCCN1CCN(CCN2CCN(CCOC(C)(C)C)CC2)CC1. The summed E-state index contributed by atoms with van der Waals surface area (Å²) in [7, 11) is 0. The first kappa shape index (κ1) is 24.0. The Morgan fingerprint density at radius 1 is 0.607 bits per heavy atom. The van der Waals surface area contributed by atoms with Crippen LogP contribution in [0.25, 0.3) is 0 Å². The number of nitrogens with zero attached hydrogens (tertiary/aromatic N) is 4. The van der Waals surface area contributed by atoms with Crippen LogP contribution in [-0.4, -0.2) is 122 Å². The predicted octanol–water partition coefficient (Wildman–Crippen LogP) is 1.42. The van der Waals surface area contributed by atoms with Crippen molar-refractivity contribution in [2.45, 2.75) is 52.7 Å². The van der Waals surface area contributed by atoms with Crippen LogP contribution in [0.3, 0.4) is 0 Å². The number of piperazine rings is 2. The van der Waals surface area contributed by atoms with E-state index in [-0.39, 0.29) is 11.1 Å². The van der Waals surface area contributed by atoms with Crippen LogP contribution in [0.1, 0.15) is 41.5 Å². The summed E-state index contributed by atoms with van der Waals surface area (Å²) in [6.45, 7) is 29.4. The second-order valence-electron chi connectivity index (χ2n) is 10.5. The predicted molar refractivity (Wildman–Crippen MR) is 119 cm³/mol. The number of hydrogen-bond acceptors (Lipinski definition) is 6. The maximum absolute atomic E-state index is 5.87. The topological polar surface area (TPSA) is 34.2 Å². The Bertz CT molecular complexity index is 376. The zero-order chi connectivity index (χ0) is 20.6. The lowest BCUT2D eigenvalue weighted by atomic mass is 10.1. The number of hydrogen-bond donors (Lipinski definition) is 1. The summed E-state index contributed by atoms with van der Waals surface area (Å²) in [6, 6.07) is 0. The van der Waals surface area contributed by atoms with Gasteiger partial charge in [-0.2, -0.15) is 0 Å². The number of ether oxygens (including phenoxy) is 1. The summed E-state index contributed by atoms with van der Waals surface area (Å²) in [5, 5.41) is 3.60. The van der Waals surface area contributed by atoms with Crippen LogP contribution in [0, 0.1) is 0 Å². The molecule has 2 fully saturated rings. The molecule has 28 heavy (non-hydrogen) atoms. The van der Waals surface area contributed by atoms with Gasteiger partial charge in [-0.15, -0.1) is 0 Å². The fourth-order valence-electron chi connectivity index (χ4n) is 3.83. The molecule has 2 heterocycles. The van der Waals surface area contributed by atoms with Gasteiger partial charge in [-0.05, 0) is 41.5 Å². The molecule has 0 aliphatic carbocycles. The van der Waals surface area contributed by atoms with E-state index < -0.39 is 0 Å². The Morgan fingerprint density at radius 3 is 1.39 bits per heavy atom. The third kappa shape index (κ3) is 10.5. The van der Waals surface area contributed by atoms with Crippen LogP contribution in [-0.2, 0) is 4.74 Å². The van der Waals surface area contributed by atoms with Gasteiger partial charge < -0.3 is 10.1 Å². The van der Waals surface area contributed by atoms with E-state index in [9.17, 15) is 0 Å². The van der Waals surface area contributed by atoms with Crippen molar-refractivity contribution in [1.29, 1.82) is 0 Å². The first-order valence-electron chi connectivity index (χ1n) is 11.4. The molecule has 0 radical (unpaired) electrons. The molecule has 2 saturated heterocycles. The molecular weight excluding hydrogens is 350 g/mol. The Hall–Kier alpha value is -0.240. The molecule has 2 aliphatic heterocycles. The standard InChI is InChI=1S/C22H47N5O/c1-21(2,3)23-7-8-24-9-11-25(12-10-24)13-14-26-15-17-27(18-16-26)19-20-28-22(4,5)6/h23H,7-20H2,1-6H3. The molecule has 6 nitrogen and oxygen atoms in total. The second-order valence-corrected chi connectivity index (χ2v) is 10.5. The Balaban J connectivity index is 1.50. The molecule has 0 unspecified atom stereocenters. The van der Waals surface area contributed by atoms with E-state index >= 15 is 0 Å². The molecule has 0 aromatic heterocycles. The molecule has 166 valence electrons. The average Bonchev–Trinajstić information content (AvgIpc) is 2.60. The zero-order valence-corrected chi connectivity index (χ0v) is 19.6. The fraction of sp³-hybridized carbons (Fsp3) is 1.00. The number of rotatable bonds is 9. The van der Waals surface area contributed by atoms with Crippen LogP contribution in [0.2, 0.25) is 0 Å². The molecule has 2 rings (SSSR count). The van der Waals surface area contributed by atoms with Gasteiger partial charge >= 0.3 is 0 Å². The van der Waals surface area contributed by atoms with Gasteiger partial charge in [0.1, 0.15) is 0 Å². The molecule has 0 aromatic carbocycles. The molecule has 0 aromatic rings. The summed E-state index contributed by atoms with van der Waals surface area (Å²) < 4.78 is 5.87. The van der Waals surface area contributed by atoms with Gasteiger partial charge in [0.2, 0.25) is 0 Å². The van der Waals surface area contributed by atoms with E-state index in [1.165, 1.54) is 72.0 Å². The van der Waals surface area contributed by atoms with Crippen molar-refractivity contribution >= 4 is 0 Å². The zero-order valence-electron chi connectivity index (χ0n) is 19.6. The van der Waals surface area contributed by atoms with E-state index in [1.807, 2.05) is 0 Å². The Kier molecular flexibility index (Phi) is 9.64. The molecule has 0 atom stereocenters. The van der Waals surface area contributed by atoms with E-state index in [0.717, 1.165) is 19.7 Å². The van der Waals surface area contributed by atoms with E-state index in [0.29, 0.717) is 0 Å². The van der Waals surface area contributed by atoms with Crippen molar-refractivity contribution in [2.75, 3.05) is 91.7 Å². The maximum Gasteiger partial charge on any atom is 0.0600 e. The van der Waals surface area contributed by atoms with Gasteiger partial charge in [0.15, 0.2) is 0 Å². The first-order valence-corrected chi connectivity index (χ1v) is 11.4. The minimum atomic E-state index is -0.0189. The second kappa shape index (κ2) is 11.2. The monoisotopic (exact) mass is 397 g/mol. The molecule has 0 saturated carbocycles. The van der Waals surface area contributed by atoms with Crippen LogP contribution in [0.5, 0.6) is 0 Å². The van der Waals surface area contributed by atoms with Crippen LogP contribution >= 0.6 is 0 Å². The Labute approximate surface area is 174 Å². The molecule has 2 aliphatic rings. The lowest BCUT2D eigenvalue weighted by molar-refractivity contribution is -0.0181. The summed E-state index contributed by atoms with van der Waals surface area (Å²) in [5.41, 5.74) is 0.209. The van der Waals surface area contributed by atoms with Crippen molar-refractivity contribution in [3.05, 3.63) is 0 Å². The molecule has 0 amide bonds. The highest BCUT2D eigenvalue weighted by atomic mass is 16.5. The van der Waals surface area contributed by atoms with Crippen molar-refractivity contribution in [3.63, 3.8) is 0 Å². The van der Waals surface area contributed by atoms with Crippen molar-refractivity contribution in [3.8, 4) is 0 Å². The third-order valence-electron chi connectivity index (χ3n) is 5.69. The van der Waals surface area contributed by atoms with Crippen molar-refractivity contribution in [2.24, 2.45) is 0 Å². The highest BCUT2D eigenvalue weighted by molar-refractivity contribution is 4.78. The highest BCUT2D eigenvalue weighted by Crippen LogP contribution is 2.08. The van der Waals surface area contributed by atoms with Gasteiger partial charge in [0.25, 0.3) is 0 Å². The lowest BCUT2D eigenvalue weighted by Crippen LogP contribution is -2.52. The van der Waals surface area contributed by atoms with Crippen LogP contribution < -0.4 is 5.32 Å². The summed E-state index contributed by atoms with van der Waals surface area (Å²) in [5.74, 6) is 0. The Morgan fingerprint density at radius 2 is 1.00 bits per heavy atom. The van der Waals surface area contributed by atoms with E-state index in [2.05, 4.69) is 66.5 Å². The highest BCUT2D eigenvalue weighted by Gasteiger charge is 2.20. The summed E-state index contributed by atoms with van der Waals surface area (Å²) >= 11 is 0. The fourth-order valence-corrected chi connectivity index (χ4v) is 3.83. The molecule has 0 bridgehead atoms. The summed E-state index contributed by atoms with van der Waals surface area (Å²) in [4.78, 5) is 10.4. The minimum Gasteiger partial charge on any atom is -0.375 e. The molecular formula is C22H47N5O. The average molecular weight is 398 g/mol. The minimum absolute atomic E-state index is 0.0189. The van der Waals surface area contributed by atoms with Crippen molar-refractivity contribution < 1.29 is 4.74 Å². The molecule has 0 spiro atoms. The first-order chi connectivity index (χ1) is 13.1. The van der Waals surface area contributed by atoms with Gasteiger partial charge in [0, 0.05) is 90.6 Å². The maximum atomic E-state index is 5.87.